The molecule has 226 valence electrons. The molecular weight excluding hydrogens is 610 g/mol. The van der Waals surface area contributed by atoms with Gasteiger partial charge in [0.05, 0.1) is 16.3 Å². The van der Waals surface area contributed by atoms with Crippen molar-refractivity contribution in [2.45, 2.75) is 43.5 Å². The Balaban J connectivity index is 1.44. The van der Waals surface area contributed by atoms with Crippen LogP contribution in [0.15, 0.2) is 65.7 Å². The molecule has 3 fully saturated rings. The highest BCUT2D eigenvalue weighted by Gasteiger charge is 2.47. The van der Waals surface area contributed by atoms with E-state index in [1.807, 2.05) is 6.92 Å². The van der Waals surface area contributed by atoms with Crippen LogP contribution in [0.2, 0.25) is 5.02 Å². The number of nitrogens with zero attached hydrogens (tertiary/aromatic N) is 3. The van der Waals surface area contributed by atoms with Gasteiger partial charge in [-0.15, -0.1) is 0 Å². The molecule has 2 N–H and O–H groups in total. The van der Waals surface area contributed by atoms with Crippen LogP contribution in [0.1, 0.15) is 31.2 Å². The topological polar surface area (TPSA) is 114 Å². The molecule has 3 aliphatic carbocycles. The number of aromatic nitrogens is 3. The average Bonchev–Trinajstić information content (AvgIpc) is 3.38. The Bertz CT molecular complexity index is 2080. The maximum Gasteiger partial charge on any atom is 0.308 e. The lowest BCUT2D eigenvalue weighted by molar-refractivity contribution is -0.148. The normalized spacial score (nSPS) is 21.6. The number of fused-ring (bicyclic) bond motifs is 5. The number of carboxylic acids is 1. The van der Waals surface area contributed by atoms with Crippen LogP contribution in [0.5, 0.6) is 0 Å². The Morgan fingerprint density at radius 1 is 0.977 bits per heavy atom. The van der Waals surface area contributed by atoms with Gasteiger partial charge in [0.2, 0.25) is 0 Å². The smallest absolute Gasteiger partial charge is 0.308 e. The van der Waals surface area contributed by atoms with Gasteiger partial charge in [-0.1, -0.05) is 29.3 Å². The summed E-state index contributed by atoms with van der Waals surface area (Å²) in [4.78, 5) is 21.7. The molecule has 3 saturated carbocycles. The molecule has 5 aromatic rings. The lowest BCUT2D eigenvalue weighted by Crippen LogP contribution is -2.51. The fourth-order valence-electron chi connectivity index (χ4n) is 6.94. The van der Waals surface area contributed by atoms with Gasteiger partial charge in [-0.25, -0.2) is 31.1 Å². The van der Waals surface area contributed by atoms with E-state index in [-0.39, 0.29) is 45.1 Å². The van der Waals surface area contributed by atoms with Crippen LogP contribution in [-0.2, 0) is 14.8 Å². The van der Waals surface area contributed by atoms with Crippen molar-refractivity contribution in [1.82, 2.24) is 13.9 Å². The molecule has 2 bridgehead atoms. The molecule has 3 aromatic carbocycles. The highest BCUT2D eigenvalue weighted by Crippen LogP contribution is 2.47. The first-order chi connectivity index (χ1) is 21.0. The van der Waals surface area contributed by atoms with Crippen LogP contribution in [0, 0.1) is 36.3 Å². The molecule has 2 heterocycles. The second-order valence-electron chi connectivity index (χ2n) is 11.7. The minimum atomic E-state index is -4.31. The van der Waals surface area contributed by atoms with E-state index in [2.05, 4.69) is 10.3 Å². The number of nitrogens with one attached hydrogen (secondary N) is 1. The first-order valence-electron chi connectivity index (χ1n) is 14.3. The van der Waals surface area contributed by atoms with E-state index in [4.69, 9.17) is 16.6 Å². The lowest BCUT2D eigenvalue weighted by Gasteiger charge is -2.47. The Morgan fingerprint density at radius 3 is 2.39 bits per heavy atom. The van der Waals surface area contributed by atoms with Crippen LogP contribution in [0.3, 0.4) is 0 Å². The average molecular weight is 637 g/mol. The van der Waals surface area contributed by atoms with Gasteiger partial charge >= 0.3 is 5.97 Å². The standard InChI is InChI=1S/C32H27ClF2N4O4S/c1-16-2-9-21(10-3-16)44(42,43)39-15-24(23-13-20(34)14-25(35)29(23)39)31-36-26-12-19(33)8-11-22(26)30(38-31)37-28-18-6-4-17(5-7-18)27(28)32(40)41/h2-3,8-15,17-18,27-28H,4-7H2,1H3,(H,40,41)(H,36,37,38). The monoisotopic (exact) mass is 636 g/mol. The van der Waals surface area contributed by atoms with Crippen LogP contribution < -0.4 is 5.32 Å². The minimum Gasteiger partial charge on any atom is -0.481 e. The van der Waals surface area contributed by atoms with Gasteiger partial charge in [-0.3, -0.25) is 4.79 Å². The Morgan fingerprint density at radius 2 is 1.68 bits per heavy atom. The van der Waals surface area contributed by atoms with Crippen molar-refractivity contribution in [3.05, 3.63) is 83.0 Å². The predicted octanol–water partition coefficient (Wildman–Crippen LogP) is 7.03. The number of aliphatic carboxylic acids is 1. The molecule has 12 heteroatoms. The van der Waals surface area contributed by atoms with E-state index in [1.54, 1.807) is 30.3 Å². The zero-order valence-electron chi connectivity index (χ0n) is 23.5. The van der Waals surface area contributed by atoms with Gasteiger partial charge in [0.15, 0.2) is 11.6 Å². The van der Waals surface area contributed by atoms with Crippen molar-refractivity contribution in [2.75, 3.05) is 5.32 Å². The summed E-state index contributed by atoms with van der Waals surface area (Å²) in [7, 11) is -4.31. The summed E-state index contributed by atoms with van der Waals surface area (Å²) in [6.07, 6.45) is 4.71. The van der Waals surface area contributed by atoms with E-state index in [0.29, 0.717) is 27.8 Å². The third-order valence-electron chi connectivity index (χ3n) is 9.07. The van der Waals surface area contributed by atoms with Gasteiger partial charge in [0.25, 0.3) is 10.0 Å². The third-order valence-corrected chi connectivity index (χ3v) is 11.0. The molecule has 0 spiro atoms. The van der Waals surface area contributed by atoms with Gasteiger partial charge in [0.1, 0.15) is 17.2 Å². The molecular formula is C32H27ClF2N4O4S. The second kappa shape index (κ2) is 10.5. The van der Waals surface area contributed by atoms with Gasteiger partial charge in [-0.05, 0) is 80.8 Å². The quantitative estimate of drug-likeness (QED) is 0.206. The van der Waals surface area contributed by atoms with Crippen molar-refractivity contribution in [1.29, 1.82) is 0 Å². The number of aryl methyl sites for hydroxylation is 1. The van der Waals surface area contributed by atoms with Crippen molar-refractivity contribution in [3.8, 4) is 11.4 Å². The number of halogens is 3. The molecule has 2 unspecified atom stereocenters. The van der Waals surface area contributed by atoms with Gasteiger partial charge in [0, 0.05) is 39.7 Å². The number of anilines is 1. The van der Waals surface area contributed by atoms with E-state index < -0.39 is 33.5 Å². The number of carboxylic acid groups (broad SMARTS) is 1. The highest BCUT2D eigenvalue weighted by atomic mass is 35.5. The van der Waals surface area contributed by atoms with E-state index in [1.165, 1.54) is 18.3 Å². The van der Waals surface area contributed by atoms with Gasteiger partial charge < -0.3 is 10.4 Å². The van der Waals surface area contributed by atoms with Crippen molar-refractivity contribution >= 4 is 55.2 Å². The molecule has 8 nitrogen and oxygen atoms in total. The Labute approximate surface area is 256 Å². The predicted molar refractivity (Wildman–Crippen MR) is 163 cm³/mol. The summed E-state index contributed by atoms with van der Waals surface area (Å²) in [6.45, 7) is 1.81. The Hall–Kier alpha value is -4.09. The molecule has 44 heavy (non-hydrogen) atoms. The van der Waals surface area contributed by atoms with Crippen LogP contribution >= 0.6 is 11.6 Å². The van der Waals surface area contributed by atoms with E-state index in [9.17, 15) is 22.7 Å². The molecule has 0 amide bonds. The van der Waals surface area contributed by atoms with Crippen molar-refractivity contribution < 1.29 is 27.1 Å². The first kappa shape index (κ1) is 28.7. The molecule has 0 aliphatic heterocycles. The van der Waals surface area contributed by atoms with Crippen molar-refractivity contribution in [3.63, 3.8) is 0 Å². The summed E-state index contributed by atoms with van der Waals surface area (Å²) < 4.78 is 58.4. The first-order valence-corrected chi connectivity index (χ1v) is 16.1. The molecule has 2 aromatic heterocycles. The number of rotatable bonds is 6. The summed E-state index contributed by atoms with van der Waals surface area (Å²) in [5.41, 5.74) is 0.979. The maximum atomic E-state index is 15.4. The largest absolute Gasteiger partial charge is 0.481 e. The third kappa shape index (κ3) is 4.69. The van der Waals surface area contributed by atoms with Crippen LogP contribution in [-0.4, -0.2) is 39.5 Å². The highest BCUT2D eigenvalue weighted by molar-refractivity contribution is 7.90. The summed E-state index contributed by atoms with van der Waals surface area (Å²) in [6, 6.07) is 12.4. The van der Waals surface area contributed by atoms with Crippen LogP contribution in [0.25, 0.3) is 33.2 Å². The lowest BCUT2D eigenvalue weighted by atomic mass is 9.61. The SMILES string of the molecule is Cc1ccc(S(=O)(=O)n2cc(-c3nc(NC4C5CCC(CC5)C4C(=O)O)c4ccc(Cl)cc4n3)c3cc(F)cc(F)c32)cc1. The zero-order valence-corrected chi connectivity index (χ0v) is 25.0. The molecule has 0 saturated heterocycles. The fraction of sp³-hybridized carbons (Fsp3) is 0.281. The summed E-state index contributed by atoms with van der Waals surface area (Å²) in [5.74, 6) is -2.91. The molecule has 3 aliphatic rings. The van der Waals surface area contributed by atoms with E-state index >= 15 is 4.39 Å². The van der Waals surface area contributed by atoms with Crippen LogP contribution in [0.4, 0.5) is 14.6 Å². The number of hydrogen-bond donors (Lipinski definition) is 2. The minimum absolute atomic E-state index is 0.00275. The number of hydrogen-bond acceptors (Lipinski definition) is 6. The molecule has 0 radical (unpaired) electrons. The van der Waals surface area contributed by atoms with E-state index in [0.717, 1.165) is 41.3 Å². The molecule has 8 rings (SSSR count). The number of benzene rings is 3. The summed E-state index contributed by atoms with van der Waals surface area (Å²) >= 11 is 6.32. The van der Waals surface area contributed by atoms with Crippen molar-refractivity contribution in [2.24, 2.45) is 17.8 Å². The number of carbonyl (C=O) groups is 1. The fourth-order valence-corrected chi connectivity index (χ4v) is 8.49. The molecule has 2 atom stereocenters. The Kier molecular flexibility index (Phi) is 6.85. The van der Waals surface area contributed by atoms with Gasteiger partial charge in [-0.2, -0.15) is 0 Å². The second-order valence-corrected chi connectivity index (χ2v) is 14.0. The summed E-state index contributed by atoms with van der Waals surface area (Å²) in [5, 5.41) is 14.5. The zero-order chi connectivity index (χ0) is 30.9. The maximum absolute atomic E-state index is 15.4.